The number of benzene rings is 1. The van der Waals surface area contributed by atoms with Gasteiger partial charge in [0.05, 0.1) is 0 Å². The number of anilines is 1. The maximum absolute atomic E-state index is 14.3. The molecule has 0 aliphatic rings. The van der Waals surface area contributed by atoms with Crippen molar-refractivity contribution >= 4 is 72.6 Å². The molecule has 209 valence electrons. The summed E-state index contributed by atoms with van der Waals surface area (Å²) in [6, 6.07) is 7.78. The van der Waals surface area contributed by atoms with Crippen LogP contribution in [-0.2, 0) is 7.05 Å². The molecule has 5 aromatic rings. The number of fused-ring (bicyclic) bond motifs is 2. The molecule has 9 radical (unpaired) electrons. The number of nitrogens with two attached hydrogens (primary N) is 1. The van der Waals surface area contributed by atoms with Crippen LogP contribution >= 0.6 is 0 Å². The van der Waals surface area contributed by atoms with Gasteiger partial charge in [-0.1, -0.05) is 0 Å². The van der Waals surface area contributed by atoms with Crippen LogP contribution in [0.3, 0.4) is 0 Å². The van der Waals surface area contributed by atoms with Crippen molar-refractivity contribution in [1.29, 1.82) is 0 Å². The topological polar surface area (TPSA) is 125 Å². The number of aryl methyl sites for hydroxylation is 1. The average Bonchev–Trinajstić information content (AvgIpc) is 3.59. The van der Waals surface area contributed by atoms with E-state index in [-0.39, 0.29) is 55.6 Å². The summed E-state index contributed by atoms with van der Waals surface area (Å²) in [4.78, 5) is 32.1. The molecule has 0 fully saturated rings. The number of carbonyl (C=O) groups excluding carboxylic acids is 1. The van der Waals surface area contributed by atoms with Gasteiger partial charge in [-0.25, -0.2) is 0 Å². The van der Waals surface area contributed by atoms with Crippen LogP contribution in [0.25, 0.3) is 16.4 Å². The number of amides is 1. The Bertz CT molecular complexity index is 2210. The summed E-state index contributed by atoms with van der Waals surface area (Å²) < 4.78 is 4.19. The number of nitrogens with zero attached hydrogens (tertiary/aromatic N) is 6. The molecule has 4 aromatic heterocycles. The predicted octanol–water partition coefficient (Wildman–Crippen LogP) is 0.514. The van der Waals surface area contributed by atoms with Gasteiger partial charge in [-0.3, -0.25) is 0 Å². The van der Waals surface area contributed by atoms with Crippen LogP contribution < -0.4 is 16.6 Å². The van der Waals surface area contributed by atoms with Gasteiger partial charge in [-0.2, -0.15) is 0 Å². The zero-order valence-corrected chi connectivity index (χ0v) is 24.7. The maximum atomic E-state index is 14.3. The zero-order valence-electron chi connectivity index (χ0n) is 24.7. The minimum absolute atomic E-state index is 0.00581. The third kappa shape index (κ3) is 5.96. The van der Waals surface area contributed by atoms with Crippen LogP contribution in [0.4, 0.5) is 5.82 Å². The van der Waals surface area contributed by atoms with Crippen molar-refractivity contribution in [3.63, 3.8) is 0 Å². The Hall–Kier alpha value is -5.24. The van der Waals surface area contributed by atoms with Crippen LogP contribution in [0.15, 0.2) is 81.8 Å². The Morgan fingerprint density at radius 1 is 1.09 bits per heavy atom. The third-order valence-corrected chi connectivity index (χ3v) is 7.08. The van der Waals surface area contributed by atoms with Crippen LogP contribution in [-0.4, -0.2) is 79.3 Å². The molecular formula is C30H22B5N8O2. The first-order chi connectivity index (χ1) is 21.4. The molecule has 0 saturated carbocycles. The number of allylic oxidation sites excluding steroid dienone is 4. The van der Waals surface area contributed by atoms with Gasteiger partial charge in [0.1, 0.15) is 0 Å². The van der Waals surface area contributed by atoms with Gasteiger partial charge in [0.2, 0.25) is 0 Å². The monoisotopic (exact) mass is 581 g/mol. The van der Waals surface area contributed by atoms with E-state index < -0.39 is 17.5 Å². The minimum atomic E-state index is -0.825. The fraction of sp³-hybridized carbons (Fsp3) is 0.133. The molecule has 0 aliphatic heterocycles. The molecule has 1 unspecified atom stereocenters. The summed E-state index contributed by atoms with van der Waals surface area (Å²) in [6.07, 6.45) is 6.50. The van der Waals surface area contributed by atoms with E-state index in [2.05, 4.69) is 32.3 Å². The summed E-state index contributed by atoms with van der Waals surface area (Å²) in [5.74, 6) is 5.49. The number of aromatic nitrogens is 6. The summed E-state index contributed by atoms with van der Waals surface area (Å²) in [7, 11) is 32.7. The molecule has 1 atom stereocenters. The SMILES string of the molecule is [B]/C(C)=C([B])/C([B])=C(/[B])C(=[B])n1c(C(C)NC(=O)c2c(N)nn3cccnc23)cc2cccc(C#Cc3cnn(C)c3)c2c1=O. The van der Waals surface area contributed by atoms with Gasteiger partial charge >= 0.3 is 266 Å². The van der Waals surface area contributed by atoms with Crippen LogP contribution in [0, 0.1) is 11.8 Å². The molecule has 15 heteroatoms. The van der Waals surface area contributed by atoms with E-state index in [0.717, 1.165) is 0 Å². The molecule has 1 aromatic carbocycles. The Labute approximate surface area is 265 Å². The van der Waals surface area contributed by atoms with E-state index in [1.165, 1.54) is 15.3 Å². The predicted molar refractivity (Wildman–Crippen MR) is 180 cm³/mol. The first kappa shape index (κ1) is 31.2. The number of pyridine rings is 1. The summed E-state index contributed by atoms with van der Waals surface area (Å²) >= 11 is 0. The van der Waals surface area contributed by atoms with Gasteiger partial charge in [-0.05, 0) is 0 Å². The van der Waals surface area contributed by atoms with Crippen LogP contribution in [0.2, 0.25) is 0 Å². The van der Waals surface area contributed by atoms with Crippen molar-refractivity contribution in [3.05, 3.63) is 110 Å². The van der Waals surface area contributed by atoms with Crippen molar-refractivity contribution in [3.8, 4) is 11.8 Å². The Kier molecular flexibility index (Phi) is 8.60. The van der Waals surface area contributed by atoms with Crippen LogP contribution in [0.1, 0.15) is 47.1 Å². The fourth-order valence-electron chi connectivity index (χ4n) is 4.76. The molecule has 0 bridgehead atoms. The molecule has 1 amide bonds. The number of rotatable bonds is 6. The number of nitrogen functional groups attached to an aromatic ring is 1. The summed E-state index contributed by atoms with van der Waals surface area (Å²) in [5, 5.41) is 12.0. The molecule has 0 saturated heterocycles. The second-order valence-corrected chi connectivity index (χ2v) is 10.3. The Morgan fingerprint density at radius 2 is 1.84 bits per heavy atom. The Morgan fingerprint density at radius 3 is 2.53 bits per heavy atom. The van der Waals surface area contributed by atoms with E-state index >= 15 is 0 Å². The molecule has 5 rings (SSSR count). The molecular weight excluding hydrogens is 558 g/mol. The van der Waals surface area contributed by atoms with E-state index in [0.29, 0.717) is 16.5 Å². The normalized spacial score (nSPS) is 13.0. The first-order valence-electron chi connectivity index (χ1n) is 13.6. The number of nitrogens with one attached hydrogen (secondary N) is 1. The fourth-order valence-corrected chi connectivity index (χ4v) is 4.76. The zero-order chi connectivity index (χ0) is 32.6. The summed E-state index contributed by atoms with van der Waals surface area (Å²) in [5.41, 5.74) is 6.90. The molecule has 4 heterocycles. The molecule has 45 heavy (non-hydrogen) atoms. The third-order valence-electron chi connectivity index (χ3n) is 7.08. The van der Waals surface area contributed by atoms with Gasteiger partial charge < -0.3 is 0 Å². The number of hydrogen-bond donors (Lipinski definition) is 2. The van der Waals surface area contributed by atoms with Gasteiger partial charge in [-0.15, -0.1) is 0 Å². The van der Waals surface area contributed by atoms with Crippen LogP contribution in [0.5, 0.6) is 0 Å². The molecule has 0 spiro atoms. The van der Waals surface area contributed by atoms with E-state index in [9.17, 15) is 9.59 Å². The van der Waals surface area contributed by atoms with Crippen molar-refractivity contribution in [2.24, 2.45) is 7.05 Å². The Balaban J connectivity index is 1.69. The average molecular weight is 581 g/mol. The first-order valence-corrected chi connectivity index (χ1v) is 13.6. The number of hydrogen-bond acceptors (Lipinski definition) is 6. The molecule has 3 N–H and O–H groups in total. The van der Waals surface area contributed by atoms with Gasteiger partial charge in [0, 0.05) is 0 Å². The number of carbonyl (C=O) groups is 1. The van der Waals surface area contributed by atoms with Crippen molar-refractivity contribution in [1.82, 2.24) is 34.3 Å². The standard InChI is InChI=1S/C30H22B5N8O2/c1-15(31)23(32)24(33)25(34)26(35)43-20(16(2)39-29(44)22-27(36)40-42-11-5-10-37-28(22)42)12-19-7-4-6-18(21(19)30(43)45)9-8-17-13-38-41(3)14-17/h4-7,10-14,16H,1-3H3,(H2,36,40)(H,39,44)/b23-15-,25-24-. The van der Waals surface area contributed by atoms with E-state index in [1.54, 1.807) is 74.5 Å². The second kappa shape index (κ2) is 12.4. The van der Waals surface area contributed by atoms with E-state index in [1.807, 2.05) is 0 Å². The van der Waals surface area contributed by atoms with Crippen molar-refractivity contribution < 1.29 is 4.79 Å². The molecule has 10 nitrogen and oxygen atoms in total. The van der Waals surface area contributed by atoms with Gasteiger partial charge in [0.25, 0.3) is 0 Å². The van der Waals surface area contributed by atoms with Gasteiger partial charge in [0.15, 0.2) is 0 Å². The van der Waals surface area contributed by atoms with Crippen molar-refractivity contribution in [2.45, 2.75) is 19.9 Å². The molecule has 0 aliphatic carbocycles. The van der Waals surface area contributed by atoms with E-state index in [4.69, 9.17) is 44.6 Å². The quantitative estimate of drug-likeness (QED) is 0.171. The second-order valence-electron chi connectivity index (χ2n) is 10.3. The summed E-state index contributed by atoms with van der Waals surface area (Å²) in [6.45, 7) is 3.22. The van der Waals surface area contributed by atoms with Crippen molar-refractivity contribution in [2.75, 3.05) is 5.73 Å².